The summed E-state index contributed by atoms with van der Waals surface area (Å²) in [6.45, 7) is 3.54. The molecule has 0 spiro atoms. The van der Waals surface area contributed by atoms with E-state index in [-0.39, 0.29) is 11.9 Å². The highest BCUT2D eigenvalue weighted by Gasteiger charge is 2.26. The summed E-state index contributed by atoms with van der Waals surface area (Å²) >= 11 is 3.32. The Balaban J connectivity index is 2.10. The Morgan fingerprint density at radius 3 is 3.00 bits per heavy atom. The number of nitrogens with zero attached hydrogens (tertiary/aromatic N) is 2. The zero-order chi connectivity index (χ0) is 12.4. The third-order valence-corrected chi connectivity index (χ3v) is 3.69. The molecule has 0 aliphatic carbocycles. The Labute approximate surface area is 109 Å². The van der Waals surface area contributed by atoms with Crippen LogP contribution >= 0.6 is 15.9 Å². The molecular weight excluding hydrogens is 282 g/mol. The number of hydrogen-bond acceptors (Lipinski definition) is 3. The lowest BCUT2D eigenvalue weighted by molar-refractivity contribution is 0.0672. The van der Waals surface area contributed by atoms with Crippen molar-refractivity contribution in [2.24, 2.45) is 11.7 Å². The van der Waals surface area contributed by atoms with Crippen LogP contribution in [0.2, 0.25) is 0 Å². The van der Waals surface area contributed by atoms with Gasteiger partial charge in [0.2, 0.25) is 0 Å². The lowest BCUT2D eigenvalue weighted by atomic mass is 9.94. The fourth-order valence-electron chi connectivity index (χ4n) is 2.00. The monoisotopic (exact) mass is 297 g/mol. The number of nitrogens with two attached hydrogens (primary N) is 1. The van der Waals surface area contributed by atoms with Gasteiger partial charge >= 0.3 is 0 Å². The summed E-state index contributed by atoms with van der Waals surface area (Å²) in [5, 5.41) is 0. The van der Waals surface area contributed by atoms with Crippen LogP contribution in [0.5, 0.6) is 0 Å². The van der Waals surface area contributed by atoms with E-state index in [0.29, 0.717) is 18.0 Å². The molecule has 1 aliphatic heterocycles. The first-order valence-corrected chi connectivity index (χ1v) is 6.52. The van der Waals surface area contributed by atoms with Gasteiger partial charge in [0.1, 0.15) is 0 Å². The minimum absolute atomic E-state index is 0.0150. The first-order chi connectivity index (χ1) is 8.08. The van der Waals surface area contributed by atoms with E-state index in [0.717, 1.165) is 17.4 Å². The second kappa shape index (κ2) is 5.14. The second-order valence-corrected chi connectivity index (χ2v) is 5.49. The molecule has 2 heterocycles. The molecule has 2 unspecified atom stereocenters. The Kier molecular flexibility index (Phi) is 3.79. The number of piperidine rings is 1. The number of pyridine rings is 1. The maximum Gasteiger partial charge on any atom is 0.255 e. The smallest absolute Gasteiger partial charge is 0.255 e. The minimum Gasteiger partial charge on any atom is -0.337 e. The fraction of sp³-hybridized carbons (Fsp3) is 0.500. The van der Waals surface area contributed by atoms with Crippen LogP contribution in [0, 0.1) is 5.92 Å². The van der Waals surface area contributed by atoms with E-state index in [1.54, 1.807) is 18.5 Å². The van der Waals surface area contributed by atoms with Gasteiger partial charge in [-0.25, -0.2) is 0 Å². The molecular formula is C12H16BrN3O. The van der Waals surface area contributed by atoms with Crippen molar-refractivity contribution in [1.82, 2.24) is 9.88 Å². The highest BCUT2D eigenvalue weighted by molar-refractivity contribution is 9.10. The van der Waals surface area contributed by atoms with Crippen molar-refractivity contribution in [3.05, 3.63) is 28.5 Å². The predicted molar refractivity (Wildman–Crippen MR) is 69.6 cm³/mol. The molecule has 1 aliphatic rings. The van der Waals surface area contributed by atoms with Crippen LogP contribution in [0.3, 0.4) is 0 Å². The predicted octanol–water partition coefficient (Wildman–Crippen LogP) is 1.65. The average Bonchev–Trinajstić information content (AvgIpc) is 2.32. The molecule has 17 heavy (non-hydrogen) atoms. The van der Waals surface area contributed by atoms with Gasteiger partial charge < -0.3 is 10.6 Å². The molecule has 1 aromatic rings. The second-order valence-electron chi connectivity index (χ2n) is 4.57. The first kappa shape index (κ1) is 12.5. The number of carbonyl (C=O) groups is 1. The van der Waals surface area contributed by atoms with Crippen molar-refractivity contribution in [3.63, 3.8) is 0 Å². The maximum absolute atomic E-state index is 12.2. The van der Waals surface area contributed by atoms with Gasteiger partial charge in [-0.15, -0.1) is 0 Å². The highest BCUT2D eigenvalue weighted by atomic mass is 79.9. The fourth-order valence-corrected chi connectivity index (χ4v) is 2.36. The zero-order valence-electron chi connectivity index (χ0n) is 9.77. The normalized spacial score (nSPS) is 24.8. The minimum atomic E-state index is 0.0150. The molecule has 2 N–H and O–H groups in total. The third kappa shape index (κ3) is 2.84. The molecule has 4 nitrogen and oxygen atoms in total. The van der Waals surface area contributed by atoms with Gasteiger partial charge in [0.05, 0.1) is 5.56 Å². The topological polar surface area (TPSA) is 59.2 Å². The van der Waals surface area contributed by atoms with Crippen LogP contribution < -0.4 is 5.73 Å². The number of hydrogen-bond donors (Lipinski definition) is 1. The molecule has 5 heteroatoms. The highest BCUT2D eigenvalue weighted by Crippen LogP contribution is 2.18. The van der Waals surface area contributed by atoms with Gasteiger partial charge in [-0.1, -0.05) is 6.92 Å². The van der Waals surface area contributed by atoms with Crippen molar-refractivity contribution in [2.45, 2.75) is 19.4 Å². The van der Waals surface area contributed by atoms with Gasteiger partial charge in [0.15, 0.2) is 0 Å². The maximum atomic E-state index is 12.2. The van der Waals surface area contributed by atoms with Crippen LogP contribution in [0.25, 0.3) is 0 Å². The summed E-state index contributed by atoms with van der Waals surface area (Å²) in [4.78, 5) is 18.0. The van der Waals surface area contributed by atoms with Crippen LogP contribution in [0.1, 0.15) is 23.7 Å². The Morgan fingerprint density at radius 2 is 2.35 bits per heavy atom. The molecule has 2 rings (SSSR count). The van der Waals surface area contributed by atoms with E-state index >= 15 is 0 Å². The zero-order valence-corrected chi connectivity index (χ0v) is 11.4. The van der Waals surface area contributed by atoms with E-state index in [9.17, 15) is 4.79 Å². The van der Waals surface area contributed by atoms with Crippen molar-refractivity contribution in [3.8, 4) is 0 Å². The molecule has 0 aromatic carbocycles. The van der Waals surface area contributed by atoms with Crippen LogP contribution in [-0.4, -0.2) is 34.9 Å². The third-order valence-electron chi connectivity index (χ3n) is 3.26. The van der Waals surface area contributed by atoms with Crippen molar-refractivity contribution in [1.29, 1.82) is 0 Å². The van der Waals surface area contributed by atoms with E-state index < -0.39 is 0 Å². The Morgan fingerprint density at radius 1 is 1.59 bits per heavy atom. The van der Waals surface area contributed by atoms with Crippen LogP contribution in [0.4, 0.5) is 0 Å². The van der Waals surface area contributed by atoms with Crippen LogP contribution in [-0.2, 0) is 0 Å². The van der Waals surface area contributed by atoms with Gasteiger partial charge in [0, 0.05) is 36.0 Å². The first-order valence-electron chi connectivity index (χ1n) is 5.73. The number of likely N-dealkylation sites (tertiary alicyclic amines) is 1. The summed E-state index contributed by atoms with van der Waals surface area (Å²) in [5.41, 5.74) is 6.61. The molecule has 0 saturated carbocycles. The molecule has 1 fully saturated rings. The van der Waals surface area contributed by atoms with Crippen molar-refractivity contribution < 1.29 is 4.79 Å². The number of halogens is 1. The van der Waals surface area contributed by atoms with E-state index in [1.165, 1.54) is 0 Å². The summed E-state index contributed by atoms with van der Waals surface area (Å²) in [5.74, 6) is 0.501. The van der Waals surface area contributed by atoms with Crippen molar-refractivity contribution >= 4 is 21.8 Å². The van der Waals surface area contributed by atoms with Crippen molar-refractivity contribution in [2.75, 3.05) is 13.1 Å². The van der Waals surface area contributed by atoms with Gasteiger partial charge in [-0.3, -0.25) is 9.78 Å². The number of rotatable bonds is 1. The summed E-state index contributed by atoms with van der Waals surface area (Å²) in [6.07, 6.45) is 4.23. The molecule has 2 atom stereocenters. The number of aromatic nitrogens is 1. The molecule has 1 aromatic heterocycles. The standard InChI is InChI=1S/C12H16BrN3O/c1-8-2-3-16(7-11(8)14)12(17)9-4-10(13)6-15-5-9/h4-6,8,11H,2-3,7,14H2,1H3. The van der Waals surface area contributed by atoms with E-state index in [1.807, 2.05) is 4.90 Å². The van der Waals surface area contributed by atoms with Gasteiger partial charge in [-0.05, 0) is 34.3 Å². The molecule has 1 amide bonds. The summed E-state index contributed by atoms with van der Waals surface area (Å²) < 4.78 is 0.818. The summed E-state index contributed by atoms with van der Waals surface area (Å²) in [6, 6.07) is 1.87. The Hall–Kier alpha value is -0.940. The molecule has 0 radical (unpaired) electrons. The quantitative estimate of drug-likeness (QED) is 0.857. The Bertz CT molecular complexity index is 424. The molecule has 92 valence electrons. The van der Waals surface area contributed by atoms with Gasteiger partial charge in [0.25, 0.3) is 5.91 Å². The number of amides is 1. The molecule has 1 saturated heterocycles. The molecule has 0 bridgehead atoms. The number of carbonyl (C=O) groups excluding carboxylic acids is 1. The van der Waals surface area contributed by atoms with Gasteiger partial charge in [-0.2, -0.15) is 0 Å². The SMILES string of the molecule is CC1CCN(C(=O)c2cncc(Br)c2)CC1N. The van der Waals surface area contributed by atoms with Crippen LogP contribution in [0.15, 0.2) is 22.9 Å². The lowest BCUT2D eigenvalue weighted by Crippen LogP contribution is -2.49. The summed E-state index contributed by atoms with van der Waals surface area (Å²) in [7, 11) is 0. The lowest BCUT2D eigenvalue weighted by Gasteiger charge is -2.35. The van der Waals surface area contributed by atoms with E-state index in [2.05, 4.69) is 27.8 Å². The largest absolute Gasteiger partial charge is 0.337 e. The van der Waals surface area contributed by atoms with E-state index in [4.69, 9.17) is 5.73 Å². The average molecular weight is 298 g/mol.